The molecule has 0 radical (unpaired) electrons. The zero-order valence-electron chi connectivity index (χ0n) is 26.4. The Morgan fingerprint density at radius 3 is 2.33 bits per heavy atom. The normalized spacial score (nSPS) is 15.3. The maximum atomic E-state index is 13.2. The molecule has 12 heteroatoms. The molecule has 2 heterocycles. The van der Waals surface area contributed by atoms with Gasteiger partial charge in [-0.2, -0.15) is 21.4 Å². The molecule has 1 amide bonds. The van der Waals surface area contributed by atoms with E-state index < -0.39 is 35.9 Å². The molecule has 1 aliphatic carbocycles. The molecule has 1 unspecified atom stereocenters. The third-order valence-electron chi connectivity index (χ3n) is 8.55. The maximum Gasteiger partial charge on any atom is 0.296 e. The number of para-hydroxylation sites is 1. The number of hydrogen-bond acceptors (Lipinski definition) is 5. The lowest BCUT2D eigenvalue weighted by Crippen LogP contribution is -2.41. The fourth-order valence-electron chi connectivity index (χ4n) is 6.22. The van der Waals surface area contributed by atoms with Crippen LogP contribution in [0.5, 0.6) is 0 Å². The summed E-state index contributed by atoms with van der Waals surface area (Å²) in [6.07, 6.45) is 11.7. The number of benzene rings is 3. The molecule has 5 aromatic rings. The Labute approximate surface area is 285 Å². The molecule has 2 aromatic heterocycles. The standard InChI is InChI=1S/C37H33N3O7S2/c41-37(38-34-19-17-31(48(42,43)44)26-36(34)49(45,46)47)20-18-33-29(14-13-27-9-2-4-11-32(27)33)25-30-16-15-28-10-3-5-12-35(28)40(30)24-8-23-39-21-6-1-7-22-39/h1-7,9-17,19,21-22,25-26,33H,8,18,20,23-24H2,(H-2,38,41,42,43,44,45,46,47)/p+2. The van der Waals surface area contributed by atoms with Crippen LogP contribution in [-0.2, 0) is 38.1 Å². The van der Waals surface area contributed by atoms with Crippen molar-refractivity contribution in [1.29, 1.82) is 0 Å². The predicted molar refractivity (Wildman–Crippen MR) is 186 cm³/mol. The highest BCUT2D eigenvalue weighted by molar-refractivity contribution is 7.86. The van der Waals surface area contributed by atoms with Crippen LogP contribution in [0.3, 0.4) is 0 Å². The topological polar surface area (TPSA) is 146 Å². The van der Waals surface area contributed by atoms with Crippen LogP contribution < -0.4 is 14.5 Å². The van der Waals surface area contributed by atoms with Crippen molar-refractivity contribution in [2.75, 3.05) is 5.32 Å². The van der Waals surface area contributed by atoms with Crippen molar-refractivity contribution >= 4 is 54.9 Å². The molecule has 250 valence electrons. The van der Waals surface area contributed by atoms with Crippen molar-refractivity contribution < 1.29 is 39.9 Å². The maximum absolute atomic E-state index is 13.2. The van der Waals surface area contributed by atoms with E-state index in [0.29, 0.717) is 12.5 Å². The van der Waals surface area contributed by atoms with Gasteiger partial charge < -0.3 is 5.32 Å². The first-order valence-electron chi connectivity index (χ1n) is 15.7. The molecule has 0 saturated carbocycles. The first kappa shape index (κ1) is 33.9. The molecular weight excluding hydrogens is 663 g/mol. The van der Waals surface area contributed by atoms with Crippen LogP contribution in [0, 0.1) is 0 Å². The number of carbonyl (C=O) groups is 1. The van der Waals surface area contributed by atoms with E-state index in [-0.39, 0.29) is 18.0 Å². The number of carbonyl (C=O) groups excluding carboxylic acids is 1. The highest BCUT2D eigenvalue weighted by Crippen LogP contribution is 2.38. The Morgan fingerprint density at radius 2 is 1.55 bits per heavy atom. The van der Waals surface area contributed by atoms with Crippen molar-refractivity contribution in [2.45, 2.75) is 48.1 Å². The van der Waals surface area contributed by atoms with Gasteiger partial charge in [0.05, 0.1) is 17.0 Å². The Kier molecular flexibility index (Phi) is 9.84. The molecule has 10 nitrogen and oxygen atoms in total. The van der Waals surface area contributed by atoms with Crippen LogP contribution in [0.25, 0.3) is 23.1 Å². The number of nitrogens with zero attached hydrogens (tertiary/aromatic N) is 2. The Hall–Kier alpha value is -5.01. The van der Waals surface area contributed by atoms with Gasteiger partial charge in [0, 0.05) is 48.1 Å². The lowest BCUT2D eigenvalue weighted by Gasteiger charge is -2.24. The average molecular weight is 698 g/mol. The monoisotopic (exact) mass is 697 g/mol. The Balaban J connectivity index is 1.29. The zero-order valence-corrected chi connectivity index (χ0v) is 28.0. The summed E-state index contributed by atoms with van der Waals surface area (Å²) in [5.74, 6) is -0.704. The summed E-state index contributed by atoms with van der Waals surface area (Å²) in [5.41, 5.74) is 4.91. The third-order valence-corrected chi connectivity index (χ3v) is 10.3. The number of fused-ring (bicyclic) bond motifs is 2. The summed E-state index contributed by atoms with van der Waals surface area (Å²) < 4.78 is 70.7. The molecule has 0 spiro atoms. The number of nitrogens with one attached hydrogen (secondary N) is 1. The van der Waals surface area contributed by atoms with Crippen LogP contribution in [0.2, 0.25) is 0 Å². The van der Waals surface area contributed by atoms with E-state index >= 15 is 0 Å². The highest BCUT2D eigenvalue weighted by atomic mass is 32.2. The molecule has 6 rings (SSSR count). The van der Waals surface area contributed by atoms with Crippen LogP contribution in [0.15, 0.2) is 131 Å². The van der Waals surface area contributed by atoms with Crippen molar-refractivity contribution in [3.05, 3.63) is 138 Å². The minimum absolute atomic E-state index is 0.0127. The van der Waals surface area contributed by atoms with Gasteiger partial charge in [-0.05, 0) is 53.5 Å². The summed E-state index contributed by atoms with van der Waals surface area (Å²) in [7, 11) is -9.69. The second kappa shape index (κ2) is 14.2. The molecule has 1 aliphatic rings. The van der Waals surface area contributed by atoms with Gasteiger partial charge in [-0.1, -0.05) is 54.6 Å². The molecular formula is C37H35N3O7S2+2. The fraction of sp³-hybridized carbons (Fsp3) is 0.162. The lowest BCUT2D eigenvalue weighted by atomic mass is 9.80. The van der Waals surface area contributed by atoms with Gasteiger partial charge in [0.2, 0.25) is 17.1 Å². The molecule has 0 fully saturated rings. The van der Waals surface area contributed by atoms with Gasteiger partial charge in [-0.25, -0.2) is 4.57 Å². The number of allylic oxidation sites excluding steroid dienone is 2. The summed E-state index contributed by atoms with van der Waals surface area (Å²) in [4.78, 5) is 11.7. The number of anilines is 1. The Bertz CT molecular complexity index is 2320. The van der Waals surface area contributed by atoms with Gasteiger partial charge >= 0.3 is 0 Å². The second-order valence-electron chi connectivity index (χ2n) is 11.8. The highest BCUT2D eigenvalue weighted by Gasteiger charge is 2.26. The zero-order chi connectivity index (χ0) is 34.6. The SMILES string of the molecule is O=C(CCC1C(=Cc2ccc3ccccc3[n+]2CCC[n+]2ccccc2)C=Cc2ccccc21)Nc1ccc(S(=O)(=O)O)cc1S(=O)(=O)O. The van der Waals surface area contributed by atoms with Crippen LogP contribution >= 0.6 is 0 Å². The molecule has 0 saturated heterocycles. The first-order valence-corrected chi connectivity index (χ1v) is 18.6. The summed E-state index contributed by atoms with van der Waals surface area (Å²) in [6, 6.07) is 29.0. The van der Waals surface area contributed by atoms with Crippen LogP contribution in [0.1, 0.15) is 42.0 Å². The van der Waals surface area contributed by atoms with Crippen molar-refractivity contribution in [1.82, 2.24) is 0 Å². The largest absolute Gasteiger partial charge is 0.325 e. The van der Waals surface area contributed by atoms with Crippen molar-refractivity contribution in [3.8, 4) is 0 Å². The number of rotatable bonds is 11. The Morgan fingerprint density at radius 1 is 0.796 bits per heavy atom. The summed E-state index contributed by atoms with van der Waals surface area (Å²) in [5, 5.41) is 3.62. The molecule has 1 atom stereocenters. The van der Waals surface area contributed by atoms with Crippen LogP contribution in [-0.4, -0.2) is 31.8 Å². The van der Waals surface area contributed by atoms with E-state index in [1.54, 1.807) is 0 Å². The minimum Gasteiger partial charge on any atom is -0.325 e. The minimum atomic E-state index is -4.94. The smallest absolute Gasteiger partial charge is 0.296 e. The van der Waals surface area contributed by atoms with Gasteiger partial charge in [-0.3, -0.25) is 13.9 Å². The van der Waals surface area contributed by atoms with Gasteiger partial charge in [-0.15, -0.1) is 0 Å². The van der Waals surface area contributed by atoms with E-state index in [1.807, 2.05) is 54.6 Å². The summed E-state index contributed by atoms with van der Waals surface area (Å²) >= 11 is 0. The van der Waals surface area contributed by atoms with Gasteiger partial charge in [0.25, 0.3) is 20.2 Å². The molecule has 3 N–H and O–H groups in total. The average Bonchev–Trinajstić information content (AvgIpc) is 3.08. The van der Waals surface area contributed by atoms with E-state index in [4.69, 9.17) is 0 Å². The molecule has 0 bridgehead atoms. The fourth-order valence-corrected chi connectivity index (χ4v) is 7.47. The third kappa shape index (κ3) is 8.01. The van der Waals surface area contributed by atoms with Gasteiger partial charge in [0.1, 0.15) is 4.90 Å². The summed E-state index contributed by atoms with van der Waals surface area (Å²) in [6.45, 7) is 1.64. The number of aromatic nitrogens is 2. The quantitative estimate of drug-likeness (QED) is 0.120. The van der Waals surface area contributed by atoms with E-state index in [0.717, 1.165) is 64.9 Å². The van der Waals surface area contributed by atoms with Crippen LogP contribution in [0.4, 0.5) is 5.69 Å². The number of pyridine rings is 2. The van der Waals surface area contributed by atoms with Crippen molar-refractivity contribution in [3.63, 3.8) is 0 Å². The predicted octanol–water partition coefficient (Wildman–Crippen LogP) is 5.61. The van der Waals surface area contributed by atoms with E-state index in [2.05, 4.69) is 69.3 Å². The molecule has 0 aliphatic heterocycles. The van der Waals surface area contributed by atoms with E-state index in [9.17, 15) is 30.7 Å². The van der Waals surface area contributed by atoms with Gasteiger partial charge in [0.15, 0.2) is 25.5 Å². The number of aryl methyl sites for hydroxylation is 2. The second-order valence-corrected chi connectivity index (χ2v) is 14.6. The van der Waals surface area contributed by atoms with E-state index in [1.165, 1.54) is 0 Å². The molecule has 3 aromatic carbocycles. The first-order chi connectivity index (χ1) is 23.5. The van der Waals surface area contributed by atoms with Crippen molar-refractivity contribution in [2.24, 2.45) is 0 Å². The number of amides is 1. The molecule has 49 heavy (non-hydrogen) atoms. The lowest BCUT2D eigenvalue weighted by molar-refractivity contribution is -0.717. The number of hydrogen-bond donors (Lipinski definition) is 3.